The molecule has 1 unspecified atom stereocenters. The molecule has 12 heavy (non-hydrogen) atoms. The lowest BCUT2D eigenvalue weighted by atomic mass is 10.4. The van der Waals surface area contributed by atoms with Crippen molar-refractivity contribution in [3.8, 4) is 6.07 Å². The van der Waals surface area contributed by atoms with Crippen molar-refractivity contribution < 1.29 is 19.4 Å². The number of hydrogen-bond acceptors (Lipinski definition) is 4. The molecule has 64 valence electrons. The van der Waals surface area contributed by atoms with Crippen molar-refractivity contribution in [1.29, 1.82) is 5.26 Å². The predicted octanol–water partition coefficient (Wildman–Crippen LogP) is 0.0825. The highest BCUT2D eigenvalue weighted by atomic mass is 16.6. The number of carboxylic acids is 1. The third kappa shape index (κ3) is 4.06. The van der Waals surface area contributed by atoms with Crippen LogP contribution in [0.1, 0.15) is 6.92 Å². The van der Waals surface area contributed by atoms with E-state index in [1.807, 2.05) is 0 Å². The molecule has 0 aromatic heterocycles. The van der Waals surface area contributed by atoms with Gasteiger partial charge in [0.05, 0.1) is 6.07 Å². The summed E-state index contributed by atoms with van der Waals surface area (Å²) in [6.45, 7) is 1.22. The molecule has 0 aromatic rings. The van der Waals surface area contributed by atoms with E-state index in [9.17, 15) is 9.59 Å². The van der Waals surface area contributed by atoms with Gasteiger partial charge < -0.3 is 9.84 Å². The van der Waals surface area contributed by atoms with Gasteiger partial charge in [0.2, 0.25) is 0 Å². The first-order valence-corrected chi connectivity index (χ1v) is 3.07. The number of carbonyl (C=O) groups excluding carboxylic acids is 1. The zero-order chi connectivity index (χ0) is 9.56. The van der Waals surface area contributed by atoms with Crippen molar-refractivity contribution in [3.05, 3.63) is 12.2 Å². The predicted molar refractivity (Wildman–Crippen MR) is 37.9 cm³/mol. The van der Waals surface area contributed by atoms with Gasteiger partial charge in [0, 0.05) is 12.2 Å². The molecule has 0 rings (SSSR count). The molecule has 0 fully saturated rings. The van der Waals surface area contributed by atoms with Crippen LogP contribution >= 0.6 is 0 Å². The summed E-state index contributed by atoms with van der Waals surface area (Å²) in [7, 11) is 0. The number of aliphatic carboxylic acids is 1. The van der Waals surface area contributed by atoms with Crippen molar-refractivity contribution in [2.24, 2.45) is 0 Å². The SMILES string of the molecule is CC(OC(=O)C=CC#N)C(=O)O. The number of ether oxygens (including phenoxy) is 1. The molecule has 0 radical (unpaired) electrons. The third-order valence-electron chi connectivity index (χ3n) is 0.935. The van der Waals surface area contributed by atoms with E-state index in [0.717, 1.165) is 12.2 Å². The first kappa shape index (κ1) is 10.2. The number of allylic oxidation sites excluding steroid dienone is 1. The highest BCUT2D eigenvalue weighted by Crippen LogP contribution is 1.92. The summed E-state index contributed by atoms with van der Waals surface area (Å²) in [4.78, 5) is 20.7. The Morgan fingerprint density at radius 1 is 1.67 bits per heavy atom. The Hall–Kier alpha value is -1.83. The normalized spacial score (nSPS) is 12.0. The molecule has 0 saturated heterocycles. The fourth-order valence-corrected chi connectivity index (χ4v) is 0.369. The lowest BCUT2D eigenvalue weighted by Crippen LogP contribution is -2.22. The number of carboxylic acid groups (broad SMARTS) is 1. The molecule has 5 heteroatoms. The standard InChI is InChI=1S/C7H7NO4/c1-5(7(10)11)12-6(9)3-2-4-8/h2-3,5H,1H3,(H,10,11). The van der Waals surface area contributed by atoms with Crippen molar-refractivity contribution in [1.82, 2.24) is 0 Å². The number of esters is 1. The highest BCUT2D eigenvalue weighted by molar-refractivity contribution is 5.85. The van der Waals surface area contributed by atoms with Gasteiger partial charge in [-0.3, -0.25) is 0 Å². The summed E-state index contributed by atoms with van der Waals surface area (Å²) in [6, 6.07) is 1.57. The smallest absolute Gasteiger partial charge is 0.344 e. The van der Waals surface area contributed by atoms with Crippen molar-refractivity contribution in [2.45, 2.75) is 13.0 Å². The summed E-state index contributed by atoms with van der Waals surface area (Å²) >= 11 is 0. The van der Waals surface area contributed by atoms with Crippen LogP contribution in [-0.4, -0.2) is 23.1 Å². The third-order valence-corrected chi connectivity index (χ3v) is 0.935. The van der Waals surface area contributed by atoms with E-state index in [4.69, 9.17) is 10.4 Å². The molecule has 1 atom stereocenters. The van der Waals surface area contributed by atoms with Gasteiger partial charge in [-0.15, -0.1) is 0 Å². The summed E-state index contributed by atoms with van der Waals surface area (Å²) in [5.41, 5.74) is 0. The molecule has 0 aliphatic carbocycles. The monoisotopic (exact) mass is 169 g/mol. The number of hydrogen-bond donors (Lipinski definition) is 1. The van der Waals surface area contributed by atoms with Gasteiger partial charge in [0.25, 0.3) is 0 Å². The molecular weight excluding hydrogens is 162 g/mol. The van der Waals surface area contributed by atoms with E-state index in [0.29, 0.717) is 0 Å². The fraction of sp³-hybridized carbons (Fsp3) is 0.286. The summed E-state index contributed by atoms with van der Waals surface area (Å²) in [5.74, 6) is -2.07. The minimum atomic E-state index is -1.23. The van der Waals surface area contributed by atoms with Crippen molar-refractivity contribution >= 4 is 11.9 Å². The van der Waals surface area contributed by atoms with Gasteiger partial charge in [0.1, 0.15) is 0 Å². The number of nitriles is 1. The van der Waals surface area contributed by atoms with Gasteiger partial charge in [-0.1, -0.05) is 0 Å². The Labute approximate surface area is 68.9 Å². The summed E-state index contributed by atoms with van der Waals surface area (Å²) < 4.78 is 4.34. The molecule has 0 heterocycles. The van der Waals surface area contributed by atoms with Crippen LogP contribution in [0, 0.1) is 11.3 Å². The van der Waals surface area contributed by atoms with Crippen molar-refractivity contribution in [3.63, 3.8) is 0 Å². The first-order valence-electron chi connectivity index (χ1n) is 3.07. The quantitative estimate of drug-likeness (QED) is 0.367. The molecule has 0 aliphatic rings. The second-order valence-corrected chi connectivity index (χ2v) is 1.88. The lowest BCUT2D eigenvalue weighted by Gasteiger charge is -2.04. The maximum atomic E-state index is 10.6. The van der Waals surface area contributed by atoms with Crippen LogP contribution in [0.3, 0.4) is 0 Å². The van der Waals surface area contributed by atoms with Crippen molar-refractivity contribution in [2.75, 3.05) is 0 Å². The molecule has 5 nitrogen and oxygen atoms in total. The fourth-order valence-electron chi connectivity index (χ4n) is 0.369. The van der Waals surface area contributed by atoms with Crippen LogP contribution < -0.4 is 0 Å². The van der Waals surface area contributed by atoms with E-state index in [-0.39, 0.29) is 0 Å². The minimum Gasteiger partial charge on any atom is -0.479 e. The number of nitrogens with zero attached hydrogens (tertiary/aromatic N) is 1. The molecule has 1 N–H and O–H groups in total. The maximum Gasteiger partial charge on any atom is 0.344 e. The number of rotatable bonds is 3. The van der Waals surface area contributed by atoms with Crippen LogP contribution in [0.4, 0.5) is 0 Å². The number of carbonyl (C=O) groups is 2. The molecule has 0 saturated carbocycles. The van der Waals surface area contributed by atoms with E-state index in [1.54, 1.807) is 6.07 Å². The summed E-state index contributed by atoms with van der Waals surface area (Å²) in [5, 5.41) is 16.3. The molecule has 0 aliphatic heterocycles. The van der Waals surface area contributed by atoms with E-state index < -0.39 is 18.0 Å². The molecule has 0 amide bonds. The average Bonchev–Trinajstić information content (AvgIpc) is 2.00. The van der Waals surface area contributed by atoms with Gasteiger partial charge >= 0.3 is 11.9 Å². The van der Waals surface area contributed by atoms with Crippen LogP contribution in [-0.2, 0) is 14.3 Å². The Bertz CT molecular complexity index is 251. The maximum absolute atomic E-state index is 10.6. The zero-order valence-corrected chi connectivity index (χ0v) is 6.35. The Morgan fingerprint density at radius 2 is 2.25 bits per heavy atom. The zero-order valence-electron chi connectivity index (χ0n) is 6.35. The van der Waals surface area contributed by atoms with Gasteiger partial charge in [-0.2, -0.15) is 5.26 Å². The minimum absolute atomic E-state index is 0.841. The lowest BCUT2D eigenvalue weighted by molar-refractivity contribution is -0.159. The van der Waals surface area contributed by atoms with Crippen LogP contribution in [0.25, 0.3) is 0 Å². The second-order valence-electron chi connectivity index (χ2n) is 1.88. The van der Waals surface area contributed by atoms with Crippen LogP contribution in [0.15, 0.2) is 12.2 Å². The van der Waals surface area contributed by atoms with Gasteiger partial charge in [-0.05, 0) is 6.92 Å². The summed E-state index contributed by atoms with van der Waals surface area (Å²) in [6.07, 6.45) is 0.580. The Morgan fingerprint density at radius 3 is 2.67 bits per heavy atom. The largest absolute Gasteiger partial charge is 0.479 e. The van der Waals surface area contributed by atoms with Crippen LogP contribution in [0.2, 0.25) is 0 Å². The Balaban J connectivity index is 3.95. The van der Waals surface area contributed by atoms with Gasteiger partial charge in [-0.25, -0.2) is 9.59 Å². The van der Waals surface area contributed by atoms with Crippen LogP contribution in [0.5, 0.6) is 0 Å². The average molecular weight is 169 g/mol. The van der Waals surface area contributed by atoms with E-state index >= 15 is 0 Å². The highest BCUT2D eigenvalue weighted by Gasteiger charge is 2.13. The van der Waals surface area contributed by atoms with Gasteiger partial charge in [0.15, 0.2) is 6.10 Å². The molecule has 0 bridgehead atoms. The first-order chi connectivity index (χ1) is 5.57. The second kappa shape index (κ2) is 4.91. The molecular formula is C7H7NO4. The molecule has 0 aromatic carbocycles. The topological polar surface area (TPSA) is 87.4 Å². The Kier molecular flexibility index (Phi) is 4.16. The van der Waals surface area contributed by atoms with E-state index in [1.165, 1.54) is 6.92 Å². The molecule has 0 spiro atoms. The van der Waals surface area contributed by atoms with E-state index in [2.05, 4.69) is 4.74 Å².